The molecule has 0 saturated carbocycles. The topological polar surface area (TPSA) is 105 Å². The van der Waals surface area contributed by atoms with Gasteiger partial charge in [0, 0.05) is 0 Å². The summed E-state index contributed by atoms with van der Waals surface area (Å²) in [6.07, 6.45) is -1.95. The Kier molecular flexibility index (Phi) is 2.28. The number of hydrogen-bond donors (Lipinski definition) is 0. The zero-order chi connectivity index (χ0) is 10.4. The molecule has 2 rings (SSSR count). The van der Waals surface area contributed by atoms with Crippen LogP contribution in [0.25, 0.3) is 0 Å². The van der Waals surface area contributed by atoms with Crippen LogP contribution in [0.3, 0.4) is 0 Å². The highest BCUT2D eigenvalue weighted by Crippen LogP contribution is 2.23. The standard InChI is InChI=1S/C4H6O8S2/c5-13(6)9-1-3-4(12-13)2-10-14(7,8)11-3/h3-4H,1-2H2. The first-order chi connectivity index (χ1) is 6.38. The van der Waals surface area contributed by atoms with E-state index in [1.54, 1.807) is 0 Å². The van der Waals surface area contributed by atoms with E-state index in [1.807, 2.05) is 0 Å². The first-order valence-corrected chi connectivity index (χ1v) is 6.20. The second-order valence-corrected chi connectivity index (χ2v) is 5.14. The van der Waals surface area contributed by atoms with Gasteiger partial charge in [0.25, 0.3) is 0 Å². The van der Waals surface area contributed by atoms with Gasteiger partial charge in [0.05, 0.1) is 13.2 Å². The van der Waals surface area contributed by atoms with Crippen LogP contribution < -0.4 is 0 Å². The second-order valence-electron chi connectivity index (χ2n) is 2.65. The minimum absolute atomic E-state index is 0.393. The minimum Gasteiger partial charge on any atom is -0.245 e. The van der Waals surface area contributed by atoms with Crippen molar-refractivity contribution in [2.24, 2.45) is 0 Å². The third-order valence-electron chi connectivity index (χ3n) is 1.65. The third-order valence-corrected chi connectivity index (χ3v) is 3.47. The molecule has 2 aliphatic heterocycles. The molecule has 82 valence electrons. The summed E-state index contributed by atoms with van der Waals surface area (Å²) in [5.74, 6) is 0. The van der Waals surface area contributed by atoms with Crippen molar-refractivity contribution in [1.82, 2.24) is 0 Å². The summed E-state index contributed by atoms with van der Waals surface area (Å²) in [4.78, 5) is 0. The monoisotopic (exact) mass is 246 g/mol. The van der Waals surface area contributed by atoms with E-state index in [1.165, 1.54) is 0 Å². The van der Waals surface area contributed by atoms with E-state index in [2.05, 4.69) is 16.7 Å². The van der Waals surface area contributed by atoms with Gasteiger partial charge in [0.1, 0.15) is 12.2 Å². The Hall–Kier alpha value is -0.260. The summed E-state index contributed by atoms with van der Waals surface area (Å²) in [5.41, 5.74) is 0. The molecule has 0 aromatic carbocycles. The third kappa shape index (κ3) is 2.04. The molecule has 0 bridgehead atoms. The maximum atomic E-state index is 10.8. The molecular formula is C4H6O8S2. The first kappa shape index (κ1) is 10.3. The van der Waals surface area contributed by atoms with Gasteiger partial charge in [-0.15, -0.1) is 0 Å². The first-order valence-electron chi connectivity index (χ1n) is 3.53. The Morgan fingerprint density at radius 2 is 1.14 bits per heavy atom. The van der Waals surface area contributed by atoms with Gasteiger partial charge in [0.15, 0.2) is 0 Å². The second kappa shape index (κ2) is 3.12. The summed E-state index contributed by atoms with van der Waals surface area (Å²) in [5, 5.41) is 0. The molecule has 2 aliphatic rings. The van der Waals surface area contributed by atoms with Crippen LogP contribution in [0.1, 0.15) is 0 Å². The van der Waals surface area contributed by atoms with Crippen molar-refractivity contribution >= 4 is 20.8 Å². The highest BCUT2D eigenvalue weighted by atomic mass is 32.3. The molecular weight excluding hydrogens is 240 g/mol. The van der Waals surface area contributed by atoms with Gasteiger partial charge in [-0.1, -0.05) is 0 Å². The Bertz CT molecular complexity index is 378. The quantitative estimate of drug-likeness (QED) is 0.498. The van der Waals surface area contributed by atoms with Gasteiger partial charge in [0.2, 0.25) is 0 Å². The average Bonchev–Trinajstić information content (AvgIpc) is 2.04. The maximum Gasteiger partial charge on any atom is 0.400 e. The predicted octanol–water partition coefficient (Wildman–Crippen LogP) is -1.69. The van der Waals surface area contributed by atoms with Gasteiger partial charge in [-0.2, -0.15) is 16.8 Å². The van der Waals surface area contributed by atoms with Crippen molar-refractivity contribution in [3.63, 3.8) is 0 Å². The van der Waals surface area contributed by atoms with Gasteiger partial charge in [-0.25, -0.2) is 16.7 Å². The number of rotatable bonds is 0. The lowest BCUT2D eigenvalue weighted by molar-refractivity contribution is -0.0660. The van der Waals surface area contributed by atoms with E-state index in [-0.39, 0.29) is 0 Å². The van der Waals surface area contributed by atoms with Gasteiger partial charge in [-0.3, -0.25) is 0 Å². The molecule has 2 atom stereocenters. The summed E-state index contributed by atoms with van der Waals surface area (Å²) in [7, 11) is -8.09. The fourth-order valence-corrected chi connectivity index (χ4v) is 2.73. The molecule has 2 saturated heterocycles. The van der Waals surface area contributed by atoms with E-state index >= 15 is 0 Å². The normalized spacial score (nSPS) is 40.0. The largest absolute Gasteiger partial charge is 0.400 e. The van der Waals surface area contributed by atoms with E-state index < -0.39 is 46.2 Å². The fourth-order valence-electron chi connectivity index (χ4n) is 1.05. The molecule has 8 nitrogen and oxygen atoms in total. The van der Waals surface area contributed by atoms with E-state index in [4.69, 9.17) is 0 Å². The van der Waals surface area contributed by atoms with Crippen LogP contribution in [0.5, 0.6) is 0 Å². The zero-order valence-electron chi connectivity index (χ0n) is 6.65. The number of fused-ring (bicyclic) bond motifs is 1. The van der Waals surface area contributed by atoms with Crippen molar-refractivity contribution in [3.05, 3.63) is 0 Å². The van der Waals surface area contributed by atoms with E-state index in [9.17, 15) is 16.8 Å². The maximum absolute atomic E-state index is 10.8. The van der Waals surface area contributed by atoms with Crippen LogP contribution in [0, 0.1) is 0 Å². The van der Waals surface area contributed by atoms with Crippen LogP contribution in [-0.2, 0) is 37.5 Å². The van der Waals surface area contributed by atoms with Crippen LogP contribution in [-0.4, -0.2) is 42.3 Å². The Labute approximate surface area is 80.4 Å². The lowest BCUT2D eigenvalue weighted by Gasteiger charge is -2.32. The number of hydrogen-bond acceptors (Lipinski definition) is 8. The summed E-state index contributed by atoms with van der Waals surface area (Å²) in [6.45, 7) is -0.787. The van der Waals surface area contributed by atoms with Gasteiger partial charge in [-0.05, 0) is 0 Å². The van der Waals surface area contributed by atoms with Crippen molar-refractivity contribution in [2.75, 3.05) is 13.2 Å². The van der Waals surface area contributed by atoms with E-state index in [0.29, 0.717) is 0 Å². The Balaban J connectivity index is 2.16. The van der Waals surface area contributed by atoms with Crippen molar-refractivity contribution in [1.29, 1.82) is 0 Å². The molecule has 0 aromatic rings. The highest BCUT2D eigenvalue weighted by Gasteiger charge is 2.43. The summed E-state index contributed by atoms with van der Waals surface area (Å²) >= 11 is 0. The molecule has 0 radical (unpaired) electrons. The van der Waals surface area contributed by atoms with Crippen LogP contribution in [0.4, 0.5) is 0 Å². The lowest BCUT2D eigenvalue weighted by Crippen LogP contribution is -2.50. The van der Waals surface area contributed by atoms with Crippen molar-refractivity contribution in [3.8, 4) is 0 Å². The Morgan fingerprint density at radius 3 is 1.50 bits per heavy atom. The minimum atomic E-state index is -4.05. The van der Waals surface area contributed by atoms with Crippen LogP contribution in [0.2, 0.25) is 0 Å². The predicted molar refractivity (Wildman–Crippen MR) is 39.5 cm³/mol. The molecule has 0 aromatic heterocycles. The fraction of sp³-hybridized carbons (Fsp3) is 1.00. The SMILES string of the molecule is O=S1(=O)OCC2OS(=O)(=O)OCC2O1. The summed E-state index contributed by atoms with van der Waals surface area (Å²) < 4.78 is 60.3. The lowest BCUT2D eigenvalue weighted by atomic mass is 10.2. The van der Waals surface area contributed by atoms with Crippen LogP contribution >= 0.6 is 0 Å². The molecule has 2 fully saturated rings. The highest BCUT2D eigenvalue weighted by molar-refractivity contribution is 7.82. The molecule has 14 heavy (non-hydrogen) atoms. The smallest absolute Gasteiger partial charge is 0.245 e. The molecule has 0 amide bonds. The molecule has 0 N–H and O–H groups in total. The average molecular weight is 246 g/mol. The summed E-state index contributed by atoms with van der Waals surface area (Å²) in [6, 6.07) is 0. The molecule has 10 heteroatoms. The van der Waals surface area contributed by atoms with Crippen LogP contribution in [0.15, 0.2) is 0 Å². The van der Waals surface area contributed by atoms with Gasteiger partial charge >= 0.3 is 20.8 Å². The van der Waals surface area contributed by atoms with Crippen molar-refractivity contribution < 1.29 is 33.6 Å². The van der Waals surface area contributed by atoms with Gasteiger partial charge < -0.3 is 0 Å². The molecule has 0 aliphatic carbocycles. The Morgan fingerprint density at radius 1 is 0.786 bits per heavy atom. The molecule has 0 spiro atoms. The van der Waals surface area contributed by atoms with Crippen molar-refractivity contribution in [2.45, 2.75) is 12.2 Å². The van der Waals surface area contributed by atoms with E-state index in [0.717, 1.165) is 0 Å². The molecule has 2 unspecified atom stereocenters. The molecule has 2 heterocycles. The zero-order valence-corrected chi connectivity index (χ0v) is 8.28.